The molecule has 26 heavy (non-hydrogen) atoms. The van der Waals surface area contributed by atoms with Gasteiger partial charge < -0.3 is 19.7 Å². The molecule has 1 N–H and O–H groups in total. The van der Waals surface area contributed by atoms with Crippen molar-refractivity contribution in [2.45, 2.75) is 13.1 Å². The summed E-state index contributed by atoms with van der Waals surface area (Å²) in [6.07, 6.45) is 1.72. The summed E-state index contributed by atoms with van der Waals surface area (Å²) in [6.45, 7) is 2.27. The first-order valence-corrected chi connectivity index (χ1v) is 8.73. The molecule has 0 aliphatic rings. The van der Waals surface area contributed by atoms with E-state index in [4.69, 9.17) is 21.1 Å². The average Bonchev–Trinajstić information content (AvgIpc) is 2.65. The molecular weight excluding hydrogens is 352 g/mol. The third-order valence-electron chi connectivity index (χ3n) is 3.72. The van der Waals surface area contributed by atoms with Gasteiger partial charge >= 0.3 is 0 Å². The SMILES string of the molecule is CN=C(NCc1cccnc1OCCOC)N(C)Cc1ccc(Cl)cc1. The zero-order chi connectivity index (χ0) is 18.8. The highest BCUT2D eigenvalue weighted by Crippen LogP contribution is 2.14. The number of hydrogen-bond donors (Lipinski definition) is 1. The molecule has 7 heteroatoms. The summed E-state index contributed by atoms with van der Waals surface area (Å²) in [5.74, 6) is 1.39. The number of halogens is 1. The Morgan fingerprint density at radius 1 is 1.23 bits per heavy atom. The molecule has 0 aliphatic carbocycles. The molecule has 2 aromatic rings. The second-order valence-electron chi connectivity index (χ2n) is 5.69. The molecule has 1 heterocycles. The Morgan fingerprint density at radius 3 is 2.69 bits per heavy atom. The van der Waals surface area contributed by atoms with Gasteiger partial charge in [0.2, 0.25) is 5.88 Å². The van der Waals surface area contributed by atoms with E-state index in [2.05, 4.69) is 15.3 Å². The van der Waals surface area contributed by atoms with Crippen molar-refractivity contribution in [1.29, 1.82) is 0 Å². The second kappa shape index (κ2) is 10.6. The van der Waals surface area contributed by atoms with Crippen LogP contribution in [0.4, 0.5) is 0 Å². The van der Waals surface area contributed by atoms with E-state index in [9.17, 15) is 0 Å². The highest BCUT2D eigenvalue weighted by atomic mass is 35.5. The molecule has 0 bridgehead atoms. The molecule has 0 unspecified atom stereocenters. The number of methoxy groups -OCH3 is 1. The van der Waals surface area contributed by atoms with Gasteiger partial charge in [0, 0.05) is 51.1 Å². The van der Waals surface area contributed by atoms with Gasteiger partial charge in [0.1, 0.15) is 6.61 Å². The van der Waals surface area contributed by atoms with Gasteiger partial charge in [-0.3, -0.25) is 4.99 Å². The van der Waals surface area contributed by atoms with Crippen molar-refractivity contribution in [2.75, 3.05) is 34.4 Å². The number of hydrogen-bond acceptors (Lipinski definition) is 4. The Morgan fingerprint density at radius 2 is 2.00 bits per heavy atom. The van der Waals surface area contributed by atoms with Crippen LogP contribution in [-0.2, 0) is 17.8 Å². The van der Waals surface area contributed by atoms with Crippen molar-refractivity contribution in [3.63, 3.8) is 0 Å². The summed E-state index contributed by atoms with van der Waals surface area (Å²) in [4.78, 5) is 10.7. The van der Waals surface area contributed by atoms with Gasteiger partial charge in [-0.05, 0) is 23.8 Å². The number of nitrogens with one attached hydrogen (secondary N) is 1. The topological polar surface area (TPSA) is 59.0 Å². The zero-order valence-electron chi connectivity index (χ0n) is 15.4. The van der Waals surface area contributed by atoms with Crippen LogP contribution in [0, 0.1) is 0 Å². The molecule has 6 nitrogen and oxygen atoms in total. The molecule has 0 amide bonds. The van der Waals surface area contributed by atoms with E-state index in [1.54, 1.807) is 20.4 Å². The van der Waals surface area contributed by atoms with Gasteiger partial charge in [0.05, 0.1) is 6.61 Å². The van der Waals surface area contributed by atoms with Crippen LogP contribution in [0.25, 0.3) is 0 Å². The monoisotopic (exact) mass is 376 g/mol. The first-order chi connectivity index (χ1) is 12.6. The number of pyridine rings is 1. The number of guanidine groups is 1. The fraction of sp³-hybridized carbons (Fsp3) is 0.368. The Hall–Kier alpha value is -2.31. The number of nitrogens with zero attached hydrogens (tertiary/aromatic N) is 3. The Balaban J connectivity index is 1.95. The molecule has 140 valence electrons. The van der Waals surface area contributed by atoms with Gasteiger partial charge in [-0.2, -0.15) is 0 Å². The third-order valence-corrected chi connectivity index (χ3v) is 3.97. The van der Waals surface area contributed by atoms with Crippen molar-refractivity contribution < 1.29 is 9.47 Å². The van der Waals surface area contributed by atoms with Crippen LogP contribution in [0.1, 0.15) is 11.1 Å². The van der Waals surface area contributed by atoms with Gasteiger partial charge in [-0.15, -0.1) is 0 Å². The molecule has 0 radical (unpaired) electrons. The van der Waals surface area contributed by atoms with Crippen molar-refractivity contribution in [2.24, 2.45) is 4.99 Å². The van der Waals surface area contributed by atoms with Crippen molar-refractivity contribution >= 4 is 17.6 Å². The summed E-state index contributed by atoms with van der Waals surface area (Å²) in [5, 5.41) is 4.08. The molecule has 0 aliphatic heterocycles. The number of rotatable bonds is 8. The second-order valence-corrected chi connectivity index (χ2v) is 6.13. The van der Waals surface area contributed by atoms with E-state index >= 15 is 0 Å². The first kappa shape index (κ1) is 20.0. The van der Waals surface area contributed by atoms with Crippen LogP contribution in [-0.4, -0.2) is 50.3 Å². The summed E-state index contributed by atoms with van der Waals surface area (Å²) in [6, 6.07) is 11.7. The lowest BCUT2D eigenvalue weighted by molar-refractivity contribution is 0.143. The molecule has 1 aromatic carbocycles. The van der Waals surface area contributed by atoms with Crippen molar-refractivity contribution in [3.05, 3.63) is 58.7 Å². The zero-order valence-corrected chi connectivity index (χ0v) is 16.2. The van der Waals surface area contributed by atoms with E-state index < -0.39 is 0 Å². The standard InChI is InChI=1S/C19H25ClN4O2/c1-21-19(24(2)14-15-6-8-17(20)9-7-15)23-13-16-5-4-10-22-18(16)26-12-11-25-3/h4-10H,11-14H2,1-3H3,(H,21,23). The van der Waals surface area contributed by atoms with E-state index in [1.807, 2.05) is 48.3 Å². The highest BCUT2D eigenvalue weighted by molar-refractivity contribution is 6.30. The van der Waals surface area contributed by atoms with E-state index in [1.165, 1.54) is 0 Å². The van der Waals surface area contributed by atoms with Crippen LogP contribution in [0.15, 0.2) is 47.6 Å². The smallest absolute Gasteiger partial charge is 0.218 e. The molecule has 0 saturated carbocycles. The van der Waals surface area contributed by atoms with Crippen LogP contribution in [0.3, 0.4) is 0 Å². The summed E-state index contributed by atoms with van der Waals surface area (Å²) >= 11 is 5.94. The van der Waals surface area contributed by atoms with Crippen LogP contribution in [0.5, 0.6) is 5.88 Å². The average molecular weight is 377 g/mol. The lowest BCUT2D eigenvalue weighted by Crippen LogP contribution is -2.38. The van der Waals surface area contributed by atoms with Gasteiger partial charge in [0.25, 0.3) is 0 Å². The normalized spacial score (nSPS) is 11.3. The molecule has 0 spiro atoms. The largest absolute Gasteiger partial charge is 0.475 e. The van der Waals surface area contributed by atoms with Gasteiger partial charge in [0.15, 0.2) is 5.96 Å². The van der Waals surface area contributed by atoms with Crippen LogP contribution < -0.4 is 10.1 Å². The predicted molar refractivity (Wildman–Crippen MR) is 105 cm³/mol. The Labute approximate surface area is 159 Å². The number of benzene rings is 1. The summed E-state index contributed by atoms with van der Waals surface area (Å²) in [5.41, 5.74) is 2.12. The number of ether oxygens (including phenoxy) is 2. The molecule has 1 aromatic heterocycles. The van der Waals surface area contributed by atoms with E-state index in [-0.39, 0.29) is 0 Å². The highest BCUT2D eigenvalue weighted by Gasteiger charge is 2.09. The number of aromatic nitrogens is 1. The summed E-state index contributed by atoms with van der Waals surface area (Å²) in [7, 11) is 5.40. The maximum atomic E-state index is 5.94. The maximum Gasteiger partial charge on any atom is 0.218 e. The van der Waals surface area contributed by atoms with Crippen molar-refractivity contribution in [3.8, 4) is 5.88 Å². The fourth-order valence-corrected chi connectivity index (χ4v) is 2.53. The first-order valence-electron chi connectivity index (χ1n) is 8.36. The predicted octanol–water partition coefficient (Wildman–Crippen LogP) is 2.97. The Bertz CT molecular complexity index is 707. The Kier molecular flexibility index (Phi) is 8.18. The van der Waals surface area contributed by atoms with Gasteiger partial charge in [-0.25, -0.2) is 4.98 Å². The lowest BCUT2D eigenvalue weighted by atomic mass is 10.2. The third kappa shape index (κ3) is 6.20. The molecule has 0 saturated heterocycles. The van der Waals surface area contributed by atoms with Crippen LogP contribution >= 0.6 is 11.6 Å². The van der Waals surface area contributed by atoms with Gasteiger partial charge in [-0.1, -0.05) is 29.8 Å². The maximum absolute atomic E-state index is 5.94. The van der Waals surface area contributed by atoms with Crippen LogP contribution in [0.2, 0.25) is 5.02 Å². The molecule has 2 rings (SSSR count). The summed E-state index contributed by atoms with van der Waals surface area (Å²) < 4.78 is 10.7. The quantitative estimate of drug-likeness (QED) is 0.436. The van der Waals surface area contributed by atoms with Crippen molar-refractivity contribution in [1.82, 2.24) is 15.2 Å². The molecule has 0 fully saturated rings. The van der Waals surface area contributed by atoms with E-state index in [0.717, 1.165) is 28.7 Å². The minimum atomic E-state index is 0.464. The lowest BCUT2D eigenvalue weighted by Gasteiger charge is -2.22. The minimum Gasteiger partial charge on any atom is -0.475 e. The fourth-order valence-electron chi connectivity index (χ4n) is 2.41. The number of aliphatic imine (C=N–C) groups is 1. The minimum absolute atomic E-state index is 0.464. The molecular formula is C19H25ClN4O2. The van der Waals surface area contributed by atoms with E-state index in [0.29, 0.717) is 25.6 Å². The molecule has 0 atom stereocenters.